The van der Waals surface area contributed by atoms with Crippen LogP contribution in [0.4, 0.5) is 38.3 Å². The van der Waals surface area contributed by atoms with E-state index in [4.69, 9.17) is 0 Å². The van der Waals surface area contributed by atoms with Crippen LogP contribution in [0, 0.1) is 11.3 Å². The topological polar surface area (TPSA) is 155 Å². The highest BCUT2D eigenvalue weighted by Gasteiger charge is 2.40. The third-order valence-corrected chi connectivity index (χ3v) is 5.06. The van der Waals surface area contributed by atoms with Crippen LogP contribution in [-0.2, 0) is 16.7 Å². The first-order valence-corrected chi connectivity index (χ1v) is 10.8. The van der Waals surface area contributed by atoms with E-state index < -0.39 is 89.0 Å². The summed E-state index contributed by atoms with van der Waals surface area (Å²) in [5.74, 6) is -5.12. The molecule has 0 aromatic carbocycles. The molecule has 3 heterocycles. The number of hydrogen-bond donors (Lipinski definition) is 1. The van der Waals surface area contributed by atoms with Crippen molar-refractivity contribution in [3.63, 3.8) is 0 Å². The molecule has 1 N–H and O–H groups in total. The number of halogens is 5. The lowest BCUT2D eigenvalue weighted by atomic mass is 10.0. The smallest absolute Gasteiger partial charge is 0.389 e. The molecule has 0 atom stereocenters. The summed E-state index contributed by atoms with van der Waals surface area (Å²) in [6.45, 7) is -0.799. The van der Waals surface area contributed by atoms with Crippen LogP contribution in [0.25, 0.3) is 0 Å². The second kappa shape index (κ2) is 10.2. The van der Waals surface area contributed by atoms with Crippen LogP contribution in [-0.4, -0.2) is 49.4 Å². The molecule has 0 unspecified atom stereocenters. The van der Waals surface area contributed by atoms with Gasteiger partial charge in [0.1, 0.15) is 11.9 Å². The van der Waals surface area contributed by atoms with Crippen molar-refractivity contribution < 1.29 is 44.7 Å². The van der Waals surface area contributed by atoms with E-state index in [1.165, 1.54) is 12.1 Å². The van der Waals surface area contributed by atoms with E-state index in [0.717, 1.165) is 17.2 Å². The Kier molecular flexibility index (Phi) is 7.48. The maximum atomic E-state index is 13.6. The zero-order chi connectivity index (χ0) is 26.7. The maximum Gasteiger partial charge on any atom is 0.455 e. The molecule has 0 aliphatic carbocycles. The van der Waals surface area contributed by atoms with Gasteiger partial charge in [-0.05, 0) is 12.1 Å². The van der Waals surface area contributed by atoms with Crippen molar-refractivity contribution in [3.8, 4) is 11.9 Å². The SMILES string of the molecule is N#Cc1cc(C(=O)Nc2ccnc(OC(=O)N=S(=O)=O)c2)c(N2CCC(F)(F)CC2)nc1C(F)(F)F. The van der Waals surface area contributed by atoms with E-state index in [-0.39, 0.29) is 5.69 Å². The normalized spacial score (nSPS) is 14.9. The fraction of sp³-hybridized carbons (Fsp3) is 0.316. The summed E-state index contributed by atoms with van der Waals surface area (Å²) in [7, 11) is -3.09. The third-order valence-electron chi connectivity index (χ3n) is 4.76. The van der Waals surface area contributed by atoms with Gasteiger partial charge < -0.3 is 15.0 Å². The average Bonchev–Trinajstić information content (AvgIpc) is 2.77. The molecule has 190 valence electrons. The van der Waals surface area contributed by atoms with Gasteiger partial charge in [0, 0.05) is 43.9 Å². The Morgan fingerprint density at radius 3 is 2.47 bits per heavy atom. The van der Waals surface area contributed by atoms with Crippen LogP contribution in [0.1, 0.15) is 34.5 Å². The first-order valence-electron chi connectivity index (χ1n) is 9.74. The molecule has 1 aliphatic heterocycles. The fourth-order valence-electron chi connectivity index (χ4n) is 3.17. The van der Waals surface area contributed by atoms with Crippen LogP contribution in [0.2, 0.25) is 0 Å². The molecule has 1 saturated heterocycles. The van der Waals surface area contributed by atoms with Gasteiger partial charge in [-0.1, -0.05) is 4.36 Å². The van der Waals surface area contributed by atoms with E-state index in [1.807, 2.05) is 0 Å². The molecule has 2 amide bonds. The minimum Gasteiger partial charge on any atom is -0.389 e. The predicted octanol–water partition coefficient (Wildman–Crippen LogP) is 3.42. The third kappa shape index (κ3) is 6.47. The van der Waals surface area contributed by atoms with Crippen LogP contribution in [0.5, 0.6) is 5.88 Å². The van der Waals surface area contributed by atoms with E-state index in [1.54, 1.807) is 0 Å². The zero-order valence-corrected chi connectivity index (χ0v) is 18.5. The Morgan fingerprint density at radius 2 is 1.89 bits per heavy atom. The van der Waals surface area contributed by atoms with Gasteiger partial charge in [0.15, 0.2) is 5.69 Å². The van der Waals surface area contributed by atoms with Crippen LogP contribution in [0.15, 0.2) is 28.8 Å². The van der Waals surface area contributed by atoms with E-state index >= 15 is 0 Å². The highest BCUT2D eigenvalue weighted by atomic mass is 32.2. The first kappa shape index (κ1) is 26.4. The van der Waals surface area contributed by atoms with Gasteiger partial charge in [0.25, 0.3) is 11.8 Å². The molecule has 0 saturated carbocycles. The number of nitrogens with one attached hydrogen (secondary N) is 1. The summed E-state index contributed by atoms with van der Waals surface area (Å²) in [5, 5.41) is 11.5. The number of alkyl halides is 5. The van der Waals surface area contributed by atoms with Crippen molar-refractivity contribution in [2.75, 3.05) is 23.3 Å². The number of rotatable bonds is 4. The van der Waals surface area contributed by atoms with Gasteiger partial charge in [-0.2, -0.15) is 26.9 Å². The lowest BCUT2D eigenvalue weighted by Gasteiger charge is -2.33. The van der Waals surface area contributed by atoms with Gasteiger partial charge >= 0.3 is 22.8 Å². The van der Waals surface area contributed by atoms with Gasteiger partial charge in [0.2, 0.25) is 5.88 Å². The number of pyridine rings is 2. The minimum absolute atomic E-state index is 0.101. The Labute approximate surface area is 200 Å². The van der Waals surface area contributed by atoms with Crippen LogP contribution < -0.4 is 15.0 Å². The Morgan fingerprint density at radius 1 is 1.22 bits per heavy atom. The largest absolute Gasteiger partial charge is 0.455 e. The zero-order valence-electron chi connectivity index (χ0n) is 17.7. The quantitative estimate of drug-likeness (QED) is 0.583. The number of nitrogens with zero attached hydrogens (tertiary/aromatic N) is 5. The number of nitriles is 1. The van der Waals surface area contributed by atoms with Crippen molar-refractivity contribution in [2.24, 2.45) is 4.36 Å². The molecule has 2 aromatic rings. The summed E-state index contributed by atoms with van der Waals surface area (Å²) >= 11 is 0. The van der Waals surface area contributed by atoms with Crippen molar-refractivity contribution in [3.05, 3.63) is 41.2 Å². The number of carbonyl (C=O) groups is 2. The lowest BCUT2D eigenvalue weighted by Crippen LogP contribution is -2.41. The number of amides is 2. The molecule has 1 aliphatic rings. The number of anilines is 2. The minimum atomic E-state index is -5.06. The van der Waals surface area contributed by atoms with Crippen molar-refractivity contribution in [2.45, 2.75) is 24.9 Å². The summed E-state index contributed by atoms with van der Waals surface area (Å²) in [6.07, 6.45) is -6.91. The van der Waals surface area contributed by atoms with Gasteiger partial charge in [-0.25, -0.2) is 23.5 Å². The predicted molar refractivity (Wildman–Crippen MR) is 110 cm³/mol. The van der Waals surface area contributed by atoms with E-state index in [9.17, 15) is 45.2 Å². The van der Waals surface area contributed by atoms with Crippen molar-refractivity contribution in [1.82, 2.24) is 9.97 Å². The number of carbonyl (C=O) groups excluding carboxylic acids is 2. The summed E-state index contributed by atoms with van der Waals surface area (Å²) in [6, 6.07) is 4.14. The van der Waals surface area contributed by atoms with Gasteiger partial charge in [-0.3, -0.25) is 4.79 Å². The molecule has 11 nitrogen and oxygen atoms in total. The lowest BCUT2D eigenvalue weighted by molar-refractivity contribution is -0.141. The molecule has 2 aromatic heterocycles. The Bertz CT molecular complexity index is 1370. The summed E-state index contributed by atoms with van der Waals surface area (Å²) in [5.41, 5.74) is -3.14. The number of ether oxygens (including phenoxy) is 1. The molecule has 36 heavy (non-hydrogen) atoms. The monoisotopic (exact) mass is 532 g/mol. The molecular formula is C19H13F5N6O5S. The number of hydrogen-bond acceptors (Lipinski definition) is 9. The van der Waals surface area contributed by atoms with E-state index in [0.29, 0.717) is 6.07 Å². The highest BCUT2D eigenvalue weighted by molar-refractivity contribution is 7.62. The summed E-state index contributed by atoms with van der Waals surface area (Å²) in [4.78, 5) is 32.5. The molecule has 3 rings (SSSR count). The summed E-state index contributed by atoms with van der Waals surface area (Å²) < 4.78 is 95.5. The van der Waals surface area contributed by atoms with Crippen molar-refractivity contribution in [1.29, 1.82) is 5.26 Å². The molecule has 0 bridgehead atoms. The van der Waals surface area contributed by atoms with Gasteiger partial charge in [-0.15, -0.1) is 0 Å². The molecular weight excluding hydrogens is 519 g/mol. The van der Waals surface area contributed by atoms with E-state index in [2.05, 4.69) is 24.4 Å². The molecule has 1 fully saturated rings. The van der Waals surface area contributed by atoms with Gasteiger partial charge in [0.05, 0.1) is 11.1 Å². The van der Waals surface area contributed by atoms with Crippen LogP contribution >= 0.6 is 0 Å². The number of piperidine rings is 1. The first-order chi connectivity index (χ1) is 16.8. The maximum absolute atomic E-state index is 13.6. The second-order valence-corrected chi connectivity index (χ2v) is 7.84. The molecule has 17 heteroatoms. The van der Waals surface area contributed by atoms with Crippen LogP contribution in [0.3, 0.4) is 0 Å². The Balaban J connectivity index is 1.97. The van der Waals surface area contributed by atoms with Crippen molar-refractivity contribution >= 4 is 34.0 Å². The Hall–Kier alpha value is -4.20. The molecule has 0 radical (unpaired) electrons. The fourth-order valence-corrected chi connectivity index (χ4v) is 3.33. The standard InChI is InChI=1S/C19H13F5N6O5S/c20-18(21)2-5-30(6-3-18)15-12(7-10(9-25)14(28-15)19(22,23)24)16(31)27-11-1-4-26-13(8-11)35-17(32)29-36(33)34/h1,4,7-8H,2-3,5-6H2,(H,26,27,31). The second-order valence-electron chi connectivity index (χ2n) is 7.22. The average molecular weight is 532 g/mol. The molecule has 0 spiro atoms. The highest BCUT2D eigenvalue weighted by Crippen LogP contribution is 2.36. The number of aromatic nitrogens is 2.